The van der Waals surface area contributed by atoms with Crippen LogP contribution in [-0.2, 0) is 29.1 Å². The van der Waals surface area contributed by atoms with Crippen molar-refractivity contribution in [2.24, 2.45) is 17.8 Å². The second-order valence-electron chi connectivity index (χ2n) is 19.1. The fourth-order valence-electron chi connectivity index (χ4n) is 8.56. The molecule has 2 aliphatic heterocycles. The van der Waals surface area contributed by atoms with Gasteiger partial charge in [-0.15, -0.1) is 0 Å². The van der Waals surface area contributed by atoms with Gasteiger partial charge >= 0.3 is 6.09 Å². The van der Waals surface area contributed by atoms with Crippen molar-refractivity contribution in [3.63, 3.8) is 0 Å². The van der Waals surface area contributed by atoms with E-state index in [0.717, 1.165) is 13.8 Å². The van der Waals surface area contributed by atoms with E-state index in [-0.39, 0.29) is 37.3 Å². The molecule has 0 bridgehead atoms. The Morgan fingerprint density at radius 1 is 1.00 bits per heavy atom. The standard InChI is InChI=1S/C47H60F2N6O10S/c1-26(2)63-32-14-18-36(50-24-32)37-21-29-20-31(62-8)13-17-35(29)41(51-37)64-33-22-38-40(56)53-47(43(58)54-66(60,61)34-15-16-34)23-30(47)12-10-9-11-27(3)19-28(4)39(42(57)55(38)25-33)52-44(59)65-45(5,6)46(7,48)49/h10,12-14,17-18,20-21,24,26-28,30,33-34,38-39H,9,11,15-16,19,22-23,25H2,1-8H3,(H,52,59)(H,53,56)(H,54,58)/b12-10-/t27-,28+,30+,33+,38-,39?,47+/m0/s1. The number of nitrogens with zero attached hydrogens (tertiary/aromatic N) is 3. The van der Waals surface area contributed by atoms with E-state index in [2.05, 4.69) is 20.3 Å². The van der Waals surface area contributed by atoms with Crippen LogP contribution >= 0.6 is 0 Å². The second-order valence-corrected chi connectivity index (χ2v) is 21.1. The molecule has 7 atom stereocenters. The van der Waals surface area contributed by atoms with Crippen LogP contribution < -0.4 is 29.6 Å². The SMILES string of the molecule is COc1ccc2c(O[C@@H]3C[C@H]4C(=O)N[C@]5(C(=O)NS(=O)(=O)C6CC6)C[C@H]5/C=C\CC[C@H](C)C[C@@H](C)C(NC(=O)OC(C)(C)C(C)(F)F)C(=O)N4C3)nc(-c3ccc(OC(C)C)cn3)cc2c1. The number of methoxy groups -OCH3 is 1. The highest BCUT2D eigenvalue weighted by atomic mass is 32.2. The Hall–Kier alpha value is -5.59. The highest BCUT2D eigenvalue weighted by Crippen LogP contribution is 2.46. The fourth-order valence-corrected chi connectivity index (χ4v) is 9.92. The van der Waals surface area contributed by atoms with E-state index in [9.17, 15) is 31.6 Å². The van der Waals surface area contributed by atoms with Crippen LogP contribution in [0.15, 0.2) is 54.7 Å². The van der Waals surface area contributed by atoms with Crippen LogP contribution in [-0.4, -0.2) is 107 Å². The number of hydrogen-bond acceptors (Lipinski definition) is 12. The summed E-state index contributed by atoms with van der Waals surface area (Å²) in [6, 6.07) is 8.02. The Kier molecular flexibility index (Phi) is 13.6. The molecular formula is C47H60F2N6O10S. The first-order valence-electron chi connectivity index (χ1n) is 22.5. The molecule has 0 radical (unpaired) electrons. The first-order chi connectivity index (χ1) is 31.0. The van der Waals surface area contributed by atoms with Gasteiger partial charge in [-0.05, 0) is 120 Å². The predicted octanol–water partition coefficient (Wildman–Crippen LogP) is 6.47. The van der Waals surface area contributed by atoms with E-state index in [1.54, 1.807) is 50.6 Å². The summed E-state index contributed by atoms with van der Waals surface area (Å²) in [6.07, 6.45) is 5.55. The Bertz CT molecular complexity index is 2480. The Labute approximate surface area is 384 Å². The molecule has 358 valence electrons. The van der Waals surface area contributed by atoms with Crippen molar-refractivity contribution in [1.82, 2.24) is 30.2 Å². The molecule has 4 heterocycles. The number of rotatable bonds is 12. The summed E-state index contributed by atoms with van der Waals surface area (Å²) in [5, 5.41) is 5.99. The lowest BCUT2D eigenvalue weighted by molar-refractivity contribution is -0.152. The van der Waals surface area contributed by atoms with Crippen molar-refractivity contribution in [1.29, 1.82) is 0 Å². The van der Waals surface area contributed by atoms with Gasteiger partial charge in [-0.3, -0.25) is 24.1 Å². The van der Waals surface area contributed by atoms with Gasteiger partial charge in [0.1, 0.15) is 35.2 Å². The zero-order valence-corrected chi connectivity index (χ0v) is 39.4. The zero-order valence-electron chi connectivity index (χ0n) is 38.6. The number of nitrogens with one attached hydrogen (secondary N) is 3. The number of carbonyl (C=O) groups is 4. The number of pyridine rings is 2. The third-order valence-electron chi connectivity index (χ3n) is 12.9. The van der Waals surface area contributed by atoms with Crippen molar-refractivity contribution in [2.45, 2.75) is 140 Å². The maximum absolute atomic E-state index is 15.1. The van der Waals surface area contributed by atoms with Crippen LogP contribution in [0.4, 0.5) is 13.6 Å². The average Bonchev–Trinajstić information content (AvgIpc) is 4.17. The first kappa shape index (κ1) is 48.3. The summed E-state index contributed by atoms with van der Waals surface area (Å²) in [7, 11) is -2.45. The minimum atomic E-state index is -3.99. The van der Waals surface area contributed by atoms with Crippen molar-refractivity contribution >= 4 is 44.6 Å². The number of ether oxygens (including phenoxy) is 4. The highest BCUT2D eigenvalue weighted by Gasteiger charge is 2.62. The normalized spacial score (nSPS) is 26.8. The monoisotopic (exact) mass is 938 g/mol. The summed E-state index contributed by atoms with van der Waals surface area (Å²) in [5.41, 5.74) is -2.93. The lowest BCUT2D eigenvalue weighted by Crippen LogP contribution is -2.59. The van der Waals surface area contributed by atoms with Gasteiger partial charge in [0.05, 0.1) is 42.6 Å². The molecule has 3 N–H and O–H groups in total. The number of alkyl carbamates (subject to hydrolysis) is 1. The van der Waals surface area contributed by atoms with Gasteiger partial charge in [-0.25, -0.2) is 27.0 Å². The number of carbonyl (C=O) groups excluding carboxylic acids is 4. The molecular weight excluding hydrogens is 879 g/mol. The van der Waals surface area contributed by atoms with E-state index in [0.29, 0.717) is 72.7 Å². The summed E-state index contributed by atoms with van der Waals surface area (Å²) < 4.78 is 80.5. The maximum atomic E-state index is 15.1. The van der Waals surface area contributed by atoms with Crippen LogP contribution in [0.5, 0.6) is 17.4 Å². The van der Waals surface area contributed by atoms with Crippen molar-refractivity contribution in [3.05, 3.63) is 54.7 Å². The molecule has 4 amide bonds. The van der Waals surface area contributed by atoms with Gasteiger partial charge in [-0.2, -0.15) is 0 Å². The average molecular weight is 939 g/mol. The highest BCUT2D eigenvalue weighted by molar-refractivity contribution is 7.91. The predicted molar refractivity (Wildman–Crippen MR) is 240 cm³/mol. The molecule has 2 saturated carbocycles. The molecule has 3 aromatic rings. The molecule has 1 unspecified atom stereocenters. The zero-order chi connectivity index (χ0) is 47.9. The van der Waals surface area contributed by atoms with Gasteiger partial charge in [0.25, 0.3) is 11.8 Å². The van der Waals surface area contributed by atoms with Crippen LogP contribution in [0.1, 0.15) is 93.4 Å². The smallest absolute Gasteiger partial charge is 0.408 e. The van der Waals surface area contributed by atoms with Gasteiger partial charge in [0.2, 0.25) is 27.7 Å². The summed E-state index contributed by atoms with van der Waals surface area (Å²) in [5.74, 6) is -5.59. The van der Waals surface area contributed by atoms with E-state index in [1.807, 2.05) is 39.0 Å². The summed E-state index contributed by atoms with van der Waals surface area (Å²) in [6.45, 7) is 10.1. The van der Waals surface area contributed by atoms with E-state index in [1.165, 1.54) is 4.90 Å². The third-order valence-corrected chi connectivity index (χ3v) is 14.8. The number of hydrogen-bond donors (Lipinski definition) is 3. The quantitative estimate of drug-likeness (QED) is 0.167. The van der Waals surface area contributed by atoms with Gasteiger partial charge in [0.15, 0.2) is 5.60 Å². The molecule has 0 spiro atoms. The van der Waals surface area contributed by atoms with Crippen LogP contribution in [0.2, 0.25) is 0 Å². The number of halogens is 2. The minimum Gasteiger partial charge on any atom is -0.497 e. The molecule has 3 fully saturated rings. The van der Waals surface area contributed by atoms with E-state index in [4.69, 9.17) is 23.9 Å². The number of allylic oxidation sites excluding steroid dienone is 1. The Balaban J connectivity index is 1.26. The molecule has 2 aromatic heterocycles. The lowest BCUT2D eigenvalue weighted by atomic mass is 9.88. The van der Waals surface area contributed by atoms with E-state index < -0.39 is 86.2 Å². The molecule has 16 nitrogen and oxygen atoms in total. The Morgan fingerprint density at radius 3 is 2.38 bits per heavy atom. The number of alkyl halides is 2. The summed E-state index contributed by atoms with van der Waals surface area (Å²) in [4.78, 5) is 68.0. The van der Waals surface area contributed by atoms with Gasteiger partial charge < -0.3 is 34.5 Å². The van der Waals surface area contributed by atoms with Gasteiger partial charge in [0, 0.05) is 24.6 Å². The number of amides is 4. The molecule has 4 aliphatic rings. The lowest BCUT2D eigenvalue weighted by Gasteiger charge is -2.35. The Morgan fingerprint density at radius 2 is 1.73 bits per heavy atom. The van der Waals surface area contributed by atoms with Crippen molar-refractivity contribution < 1.29 is 55.3 Å². The van der Waals surface area contributed by atoms with E-state index >= 15 is 4.79 Å². The largest absolute Gasteiger partial charge is 0.497 e. The molecule has 1 saturated heterocycles. The minimum absolute atomic E-state index is 0.000784. The molecule has 66 heavy (non-hydrogen) atoms. The van der Waals surface area contributed by atoms with Crippen LogP contribution in [0.25, 0.3) is 22.2 Å². The second kappa shape index (κ2) is 18.6. The summed E-state index contributed by atoms with van der Waals surface area (Å²) >= 11 is 0. The number of sulfonamides is 1. The van der Waals surface area contributed by atoms with Crippen molar-refractivity contribution in [3.8, 4) is 28.8 Å². The third kappa shape index (κ3) is 10.7. The van der Waals surface area contributed by atoms with Crippen LogP contribution in [0, 0.1) is 17.8 Å². The molecule has 1 aromatic carbocycles. The molecule has 19 heteroatoms. The van der Waals surface area contributed by atoms with Crippen LogP contribution in [0.3, 0.4) is 0 Å². The topological polar surface area (TPSA) is 204 Å². The maximum Gasteiger partial charge on any atom is 0.408 e. The number of aromatic nitrogens is 2. The number of benzene rings is 1. The number of fused-ring (bicyclic) bond motifs is 3. The van der Waals surface area contributed by atoms with Crippen molar-refractivity contribution in [2.75, 3.05) is 13.7 Å². The van der Waals surface area contributed by atoms with Gasteiger partial charge in [-0.1, -0.05) is 26.0 Å². The fraction of sp³-hybridized carbons (Fsp3) is 0.574. The first-order valence-corrected chi connectivity index (χ1v) is 24.1. The molecule has 7 rings (SSSR count). The molecule has 2 aliphatic carbocycles.